The van der Waals surface area contributed by atoms with Crippen LogP contribution in [0.1, 0.15) is 6.42 Å². The van der Waals surface area contributed by atoms with Crippen LogP contribution in [0.2, 0.25) is 0 Å². The van der Waals surface area contributed by atoms with Crippen molar-refractivity contribution < 1.29 is 5.73 Å². The number of hydrogen-bond acceptors (Lipinski definition) is 0. The Bertz CT molecular complexity index is 24.8. The summed E-state index contributed by atoms with van der Waals surface area (Å²) in [5.41, 5.74) is 3.60. The van der Waals surface area contributed by atoms with Gasteiger partial charge in [0.2, 0.25) is 0 Å². The minimum atomic E-state index is 0.976. The predicted octanol–water partition coefficient (Wildman–Crippen LogP) is -0.196. The van der Waals surface area contributed by atoms with Gasteiger partial charge < -0.3 is 5.73 Å². The Labute approximate surface area is 32.5 Å². The lowest BCUT2D eigenvalue weighted by Crippen LogP contribution is -2.49. The van der Waals surface area contributed by atoms with Gasteiger partial charge in [-0.3, -0.25) is 0 Å². The highest BCUT2D eigenvalue weighted by Gasteiger charge is 1.65. The van der Waals surface area contributed by atoms with Crippen LogP contribution in [0.4, 0.5) is 0 Å². The molecule has 0 heterocycles. The number of rotatable bonds is 2. The number of hydrogen-bond donors (Lipinski definition) is 1. The Kier molecular flexibility index (Phi) is 3.48. The molecule has 0 saturated carbocycles. The van der Waals surface area contributed by atoms with Gasteiger partial charge in [-0.1, -0.05) is 6.08 Å². The first kappa shape index (κ1) is 4.70. The zero-order chi connectivity index (χ0) is 4.12. The van der Waals surface area contributed by atoms with E-state index in [9.17, 15) is 0 Å². The van der Waals surface area contributed by atoms with Crippen LogP contribution in [0.3, 0.4) is 0 Å². The van der Waals surface area contributed by atoms with E-state index in [1.54, 1.807) is 0 Å². The zero-order valence-electron chi connectivity index (χ0n) is 3.41. The summed E-state index contributed by atoms with van der Waals surface area (Å²) in [7, 11) is 0. The van der Waals surface area contributed by atoms with Crippen LogP contribution in [0.5, 0.6) is 0 Å². The second-order valence-corrected chi connectivity index (χ2v) is 0.931. The van der Waals surface area contributed by atoms with Crippen molar-refractivity contribution >= 4 is 0 Å². The van der Waals surface area contributed by atoms with Crippen molar-refractivity contribution in [3.63, 3.8) is 0 Å². The molecular weight excluding hydrogens is 62.1 g/mol. The molecule has 1 heteroatoms. The fourth-order valence-electron chi connectivity index (χ4n) is 0.144. The third-order valence-electron chi connectivity index (χ3n) is 0.408. The van der Waals surface area contributed by atoms with Gasteiger partial charge in [0.15, 0.2) is 0 Å². The van der Waals surface area contributed by atoms with E-state index in [1.165, 1.54) is 0 Å². The van der Waals surface area contributed by atoms with Crippen molar-refractivity contribution in [3.8, 4) is 0 Å². The first-order valence-electron chi connectivity index (χ1n) is 1.82. The quantitative estimate of drug-likeness (QED) is 0.438. The van der Waals surface area contributed by atoms with E-state index in [0.29, 0.717) is 0 Å². The smallest absolute Gasteiger partial charge is 0.0774 e. The van der Waals surface area contributed by atoms with Crippen LogP contribution in [0.15, 0.2) is 12.7 Å². The molecule has 0 aliphatic rings. The fourth-order valence-corrected chi connectivity index (χ4v) is 0.144. The van der Waals surface area contributed by atoms with Gasteiger partial charge in [-0.15, -0.1) is 6.58 Å². The molecule has 0 amide bonds. The van der Waals surface area contributed by atoms with Crippen LogP contribution < -0.4 is 5.73 Å². The van der Waals surface area contributed by atoms with Gasteiger partial charge in [0, 0.05) is 6.42 Å². The van der Waals surface area contributed by atoms with E-state index in [-0.39, 0.29) is 0 Å². The molecule has 3 N–H and O–H groups in total. The molecular formula is C4H10N+. The summed E-state index contributed by atoms with van der Waals surface area (Å²) in [5.74, 6) is 0. The molecule has 0 atom stereocenters. The zero-order valence-corrected chi connectivity index (χ0v) is 3.41. The second kappa shape index (κ2) is 3.70. The minimum absolute atomic E-state index is 0.976. The van der Waals surface area contributed by atoms with Gasteiger partial charge >= 0.3 is 0 Å². The highest BCUT2D eigenvalue weighted by atomic mass is 14.5. The minimum Gasteiger partial charge on any atom is -0.357 e. The van der Waals surface area contributed by atoms with Crippen molar-refractivity contribution in [1.29, 1.82) is 0 Å². The predicted molar refractivity (Wildman–Crippen MR) is 22.6 cm³/mol. The summed E-state index contributed by atoms with van der Waals surface area (Å²) in [4.78, 5) is 0. The SMILES string of the molecule is C=CCC[NH3+]. The summed E-state index contributed by atoms with van der Waals surface area (Å²) >= 11 is 0. The lowest BCUT2D eigenvalue weighted by Gasteiger charge is -1.71. The Hall–Kier alpha value is -0.300. The summed E-state index contributed by atoms with van der Waals surface area (Å²) in [6.45, 7) is 4.49. The normalized spacial score (nSPS) is 7.40. The molecule has 0 rings (SSSR count). The molecule has 0 aromatic rings. The molecule has 0 aliphatic heterocycles. The average Bonchev–Trinajstić information content (AvgIpc) is 1.41. The molecule has 1 nitrogen and oxygen atoms in total. The van der Waals surface area contributed by atoms with Gasteiger partial charge in [-0.25, -0.2) is 0 Å². The summed E-state index contributed by atoms with van der Waals surface area (Å²) in [5, 5.41) is 0. The van der Waals surface area contributed by atoms with Gasteiger partial charge in [0.05, 0.1) is 6.54 Å². The van der Waals surface area contributed by atoms with Gasteiger partial charge in [0.25, 0.3) is 0 Å². The Morgan fingerprint density at radius 2 is 2.40 bits per heavy atom. The van der Waals surface area contributed by atoms with Crippen LogP contribution in [0, 0.1) is 0 Å². The van der Waals surface area contributed by atoms with Crippen molar-refractivity contribution in [2.45, 2.75) is 6.42 Å². The summed E-state index contributed by atoms with van der Waals surface area (Å²) in [6.07, 6.45) is 2.91. The molecule has 0 unspecified atom stereocenters. The molecule has 0 aromatic heterocycles. The largest absolute Gasteiger partial charge is 0.357 e. The highest BCUT2D eigenvalue weighted by Crippen LogP contribution is 1.65. The standard InChI is InChI=1S/C4H9N/c1-2-3-4-5/h2H,1,3-5H2/p+1. The van der Waals surface area contributed by atoms with E-state index in [4.69, 9.17) is 0 Å². The third-order valence-corrected chi connectivity index (χ3v) is 0.408. The number of quaternary nitrogens is 1. The maximum absolute atomic E-state index is 3.60. The van der Waals surface area contributed by atoms with E-state index in [2.05, 4.69) is 12.3 Å². The lowest BCUT2D eigenvalue weighted by molar-refractivity contribution is -0.366. The van der Waals surface area contributed by atoms with E-state index in [1.807, 2.05) is 6.08 Å². The van der Waals surface area contributed by atoms with E-state index >= 15 is 0 Å². The third kappa shape index (κ3) is 3.70. The maximum atomic E-state index is 3.60. The van der Waals surface area contributed by atoms with Crippen LogP contribution in [-0.2, 0) is 0 Å². The van der Waals surface area contributed by atoms with Crippen molar-refractivity contribution in [2.24, 2.45) is 0 Å². The van der Waals surface area contributed by atoms with Gasteiger partial charge in [0.1, 0.15) is 0 Å². The summed E-state index contributed by atoms with van der Waals surface area (Å²) < 4.78 is 0. The fraction of sp³-hybridized carbons (Fsp3) is 0.500. The Balaban J connectivity index is 2.40. The topological polar surface area (TPSA) is 27.6 Å². The maximum Gasteiger partial charge on any atom is 0.0774 e. The molecule has 0 spiro atoms. The van der Waals surface area contributed by atoms with Crippen LogP contribution >= 0.6 is 0 Å². The van der Waals surface area contributed by atoms with E-state index < -0.39 is 0 Å². The molecule has 30 valence electrons. The first-order valence-corrected chi connectivity index (χ1v) is 1.82. The highest BCUT2D eigenvalue weighted by molar-refractivity contribution is 4.62. The van der Waals surface area contributed by atoms with Crippen molar-refractivity contribution in [1.82, 2.24) is 0 Å². The Morgan fingerprint density at radius 3 is 2.40 bits per heavy atom. The van der Waals surface area contributed by atoms with Crippen molar-refractivity contribution in [3.05, 3.63) is 12.7 Å². The first-order chi connectivity index (χ1) is 2.41. The second-order valence-electron chi connectivity index (χ2n) is 0.931. The summed E-state index contributed by atoms with van der Waals surface area (Å²) in [6, 6.07) is 0. The lowest BCUT2D eigenvalue weighted by atomic mass is 10.4. The average molecular weight is 72.1 g/mol. The molecule has 0 bridgehead atoms. The van der Waals surface area contributed by atoms with Gasteiger partial charge in [-0.2, -0.15) is 0 Å². The molecule has 0 aromatic carbocycles. The van der Waals surface area contributed by atoms with Gasteiger partial charge in [-0.05, 0) is 0 Å². The molecule has 0 fully saturated rings. The monoisotopic (exact) mass is 72.1 g/mol. The Morgan fingerprint density at radius 1 is 1.80 bits per heavy atom. The molecule has 0 aliphatic carbocycles. The van der Waals surface area contributed by atoms with Crippen molar-refractivity contribution in [2.75, 3.05) is 6.54 Å². The van der Waals surface area contributed by atoms with Crippen LogP contribution in [0.25, 0.3) is 0 Å². The van der Waals surface area contributed by atoms with Crippen LogP contribution in [-0.4, -0.2) is 6.54 Å². The molecule has 5 heavy (non-hydrogen) atoms. The molecule has 0 saturated heterocycles. The van der Waals surface area contributed by atoms with E-state index in [0.717, 1.165) is 13.0 Å². The molecule has 0 radical (unpaired) electrons.